The van der Waals surface area contributed by atoms with E-state index in [0.717, 1.165) is 21.6 Å². The van der Waals surface area contributed by atoms with Gasteiger partial charge < -0.3 is 14.6 Å². The molecule has 0 N–H and O–H groups in total. The van der Waals surface area contributed by atoms with Gasteiger partial charge >= 0.3 is 29.6 Å². The normalized spacial score (nSPS) is 10.3. The summed E-state index contributed by atoms with van der Waals surface area (Å²) in [4.78, 5) is 16.1. The molecular weight excluding hydrogens is 429 g/mol. The van der Waals surface area contributed by atoms with Crippen LogP contribution in [0.5, 0.6) is 5.75 Å². The second-order valence-electron chi connectivity index (χ2n) is 6.33. The third kappa shape index (κ3) is 5.12. The Bertz CT molecular complexity index is 1160. The summed E-state index contributed by atoms with van der Waals surface area (Å²) in [5.41, 5.74) is 3.53. The minimum Gasteiger partial charge on any atom is -0.545 e. The SMILES string of the molecule is O=C([O-])c1cncc(-c2sccc2-c2cc(Cl)ccc2OCc2ccccc2)c1.[Na+]. The molecule has 0 atom stereocenters. The van der Waals surface area contributed by atoms with Gasteiger partial charge in [0.25, 0.3) is 0 Å². The van der Waals surface area contributed by atoms with Crippen LogP contribution >= 0.6 is 22.9 Å². The molecule has 0 unspecified atom stereocenters. The maximum absolute atomic E-state index is 11.2. The summed E-state index contributed by atoms with van der Waals surface area (Å²) < 4.78 is 6.08. The summed E-state index contributed by atoms with van der Waals surface area (Å²) in [6.07, 6.45) is 2.91. The van der Waals surface area contributed by atoms with Gasteiger partial charge in [-0.1, -0.05) is 41.9 Å². The first-order chi connectivity index (χ1) is 14.1. The van der Waals surface area contributed by atoms with E-state index >= 15 is 0 Å². The van der Waals surface area contributed by atoms with Crippen LogP contribution in [0.4, 0.5) is 0 Å². The van der Waals surface area contributed by atoms with Crippen LogP contribution in [-0.4, -0.2) is 11.0 Å². The van der Waals surface area contributed by atoms with Crippen molar-refractivity contribution in [3.63, 3.8) is 0 Å². The second-order valence-corrected chi connectivity index (χ2v) is 7.68. The number of benzene rings is 2. The number of aromatic carboxylic acids is 1. The minimum atomic E-state index is -1.26. The van der Waals surface area contributed by atoms with Crippen molar-refractivity contribution in [3.8, 4) is 27.3 Å². The molecule has 4 aromatic rings. The minimum absolute atomic E-state index is 0. The predicted octanol–water partition coefficient (Wildman–Crippen LogP) is 2.08. The molecule has 0 spiro atoms. The number of carboxylic acids is 1. The van der Waals surface area contributed by atoms with Gasteiger partial charge in [0.15, 0.2) is 0 Å². The van der Waals surface area contributed by atoms with Gasteiger partial charge in [0.05, 0.1) is 5.97 Å². The molecule has 0 saturated carbocycles. The van der Waals surface area contributed by atoms with E-state index in [2.05, 4.69) is 4.98 Å². The van der Waals surface area contributed by atoms with Crippen LogP contribution in [0.25, 0.3) is 21.6 Å². The molecule has 0 radical (unpaired) electrons. The van der Waals surface area contributed by atoms with Gasteiger partial charge in [0.2, 0.25) is 0 Å². The summed E-state index contributed by atoms with van der Waals surface area (Å²) in [7, 11) is 0. The number of hydrogen-bond acceptors (Lipinski definition) is 5. The molecule has 4 nitrogen and oxygen atoms in total. The zero-order valence-corrected chi connectivity index (χ0v) is 19.7. The van der Waals surface area contributed by atoms with Crippen molar-refractivity contribution in [2.75, 3.05) is 0 Å². The van der Waals surface area contributed by atoms with Crippen molar-refractivity contribution >= 4 is 28.9 Å². The molecule has 0 aliphatic carbocycles. The van der Waals surface area contributed by atoms with E-state index in [-0.39, 0.29) is 35.1 Å². The Balaban J connectivity index is 0.00000256. The van der Waals surface area contributed by atoms with Crippen molar-refractivity contribution < 1.29 is 44.2 Å². The molecule has 0 bridgehead atoms. The number of aromatic nitrogens is 1. The number of rotatable bonds is 6. The summed E-state index contributed by atoms with van der Waals surface area (Å²) in [5.74, 6) is -0.561. The molecular formula is C23H15ClNNaO3S. The van der Waals surface area contributed by atoms with Crippen LogP contribution in [-0.2, 0) is 6.61 Å². The molecule has 7 heteroatoms. The third-order valence-corrected chi connectivity index (χ3v) is 5.57. The van der Waals surface area contributed by atoms with Gasteiger partial charge in [0, 0.05) is 44.5 Å². The van der Waals surface area contributed by atoms with Crippen LogP contribution in [0, 0.1) is 0 Å². The van der Waals surface area contributed by atoms with E-state index in [0.29, 0.717) is 22.9 Å². The fraction of sp³-hybridized carbons (Fsp3) is 0.0435. The number of ether oxygens (including phenoxy) is 1. The zero-order valence-electron chi connectivity index (χ0n) is 16.2. The fourth-order valence-electron chi connectivity index (χ4n) is 2.99. The van der Waals surface area contributed by atoms with Crippen molar-refractivity contribution in [1.82, 2.24) is 4.98 Å². The largest absolute Gasteiger partial charge is 1.00 e. The molecule has 2 aromatic heterocycles. The number of pyridine rings is 1. The van der Waals surface area contributed by atoms with E-state index in [4.69, 9.17) is 16.3 Å². The standard InChI is InChI=1S/C23H16ClNO3S.Na/c24-18-6-7-21(28-14-15-4-2-1-3-5-15)20(11-18)19-8-9-29-22(19)16-10-17(23(26)27)13-25-12-16;/h1-13H,14H2,(H,26,27);/q;+1/p-1. The van der Waals surface area contributed by atoms with E-state index in [1.165, 1.54) is 17.5 Å². The summed E-state index contributed by atoms with van der Waals surface area (Å²) in [6.45, 7) is 0.427. The second kappa shape index (κ2) is 10.2. The number of carbonyl (C=O) groups is 1. The van der Waals surface area contributed by atoms with Crippen LogP contribution in [0.1, 0.15) is 15.9 Å². The maximum Gasteiger partial charge on any atom is 1.00 e. The van der Waals surface area contributed by atoms with Crippen molar-refractivity contribution in [2.24, 2.45) is 0 Å². The van der Waals surface area contributed by atoms with Crippen molar-refractivity contribution in [3.05, 3.63) is 94.6 Å². The van der Waals surface area contributed by atoms with Crippen LogP contribution in [0.3, 0.4) is 0 Å². The first-order valence-corrected chi connectivity index (χ1v) is 10.1. The molecule has 30 heavy (non-hydrogen) atoms. The molecule has 4 rings (SSSR count). The van der Waals surface area contributed by atoms with Crippen LogP contribution in [0.15, 0.2) is 78.4 Å². The first-order valence-electron chi connectivity index (χ1n) is 8.83. The van der Waals surface area contributed by atoms with E-state index in [9.17, 15) is 9.90 Å². The Morgan fingerprint density at radius 3 is 2.60 bits per heavy atom. The van der Waals surface area contributed by atoms with Crippen molar-refractivity contribution in [1.29, 1.82) is 0 Å². The molecule has 0 aliphatic rings. The van der Waals surface area contributed by atoms with E-state index < -0.39 is 5.97 Å². The quantitative estimate of drug-likeness (QED) is 0.428. The smallest absolute Gasteiger partial charge is 0.545 e. The van der Waals surface area contributed by atoms with Gasteiger partial charge in [-0.25, -0.2) is 0 Å². The number of carboxylic acid groups (broad SMARTS) is 1. The Kier molecular flexibility index (Phi) is 7.69. The number of carbonyl (C=O) groups excluding carboxylic acids is 1. The monoisotopic (exact) mass is 443 g/mol. The Hall–Kier alpha value is -2.15. The van der Waals surface area contributed by atoms with Crippen LogP contribution < -0.4 is 39.4 Å². The predicted molar refractivity (Wildman–Crippen MR) is 113 cm³/mol. The van der Waals surface area contributed by atoms with Gasteiger partial charge in [0.1, 0.15) is 12.4 Å². The molecule has 0 aliphatic heterocycles. The Labute approximate surface area is 205 Å². The van der Waals surface area contributed by atoms with Gasteiger partial charge in [-0.05, 0) is 41.3 Å². The molecule has 0 fully saturated rings. The van der Waals surface area contributed by atoms with Crippen molar-refractivity contribution in [2.45, 2.75) is 6.61 Å². The number of nitrogens with zero attached hydrogens (tertiary/aromatic N) is 1. The Morgan fingerprint density at radius 2 is 1.83 bits per heavy atom. The topological polar surface area (TPSA) is 62.2 Å². The third-order valence-electron chi connectivity index (χ3n) is 4.37. The average Bonchev–Trinajstić information content (AvgIpc) is 3.23. The van der Waals surface area contributed by atoms with Gasteiger partial charge in [-0.15, -0.1) is 11.3 Å². The molecule has 2 aromatic carbocycles. The van der Waals surface area contributed by atoms with E-state index in [1.807, 2.05) is 53.9 Å². The number of hydrogen-bond donors (Lipinski definition) is 0. The summed E-state index contributed by atoms with van der Waals surface area (Å²) in [5, 5.41) is 13.7. The maximum atomic E-state index is 11.2. The zero-order chi connectivity index (χ0) is 20.2. The number of halogens is 1. The Morgan fingerprint density at radius 1 is 1.03 bits per heavy atom. The molecule has 0 saturated heterocycles. The van der Waals surface area contributed by atoms with Gasteiger partial charge in [-0.2, -0.15) is 0 Å². The molecule has 2 heterocycles. The average molecular weight is 444 g/mol. The number of thiophene rings is 1. The molecule has 144 valence electrons. The first kappa shape index (κ1) is 22.5. The fourth-order valence-corrected chi connectivity index (χ4v) is 4.06. The summed E-state index contributed by atoms with van der Waals surface area (Å²) in [6, 6.07) is 18.9. The van der Waals surface area contributed by atoms with Gasteiger partial charge in [-0.3, -0.25) is 4.98 Å². The molecule has 0 amide bonds. The van der Waals surface area contributed by atoms with E-state index in [1.54, 1.807) is 18.3 Å². The van der Waals surface area contributed by atoms with Crippen LogP contribution in [0.2, 0.25) is 5.02 Å². The summed E-state index contributed by atoms with van der Waals surface area (Å²) >= 11 is 7.76.